The predicted octanol–water partition coefficient (Wildman–Crippen LogP) is 0.663. The van der Waals surface area contributed by atoms with Gasteiger partial charge in [-0.15, -0.1) is 0 Å². The van der Waals surface area contributed by atoms with Crippen molar-refractivity contribution in [1.82, 2.24) is 9.55 Å². The molecule has 1 aromatic rings. The van der Waals surface area contributed by atoms with E-state index in [2.05, 4.69) is 4.98 Å². The summed E-state index contributed by atoms with van der Waals surface area (Å²) in [5, 5.41) is 10.5. The molecule has 1 rings (SSSR count). The minimum atomic E-state index is -0.633. The van der Waals surface area contributed by atoms with Crippen LogP contribution < -0.4 is 0 Å². The first kappa shape index (κ1) is 11.2. The van der Waals surface area contributed by atoms with Crippen LogP contribution in [0.1, 0.15) is 12.6 Å². The molecule has 0 spiro atoms. The maximum absolute atomic E-state index is 11.1. The maximum Gasteiger partial charge on any atom is 0.435 e. The number of hydrogen-bond acceptors (Lipinski definition) is 5. The number of nitrogens with zero attached hydrogens (tertiary/aromatic N) is 3. The largest absolute Gasteiger partial charge is 0.464 e. The molecule has 7 heteroatoms. The monoisotopic (exact) mass is 213 g/mol. The van der Waals surface area contributed by atoms with Crippen LogP contribution in [0.2, 0.25) is 0 Å². The van der Waals surface area contributed by atoms with E-state index in [-0.39, 0.29) is 19.1 Å². The third-order valence-corrected chi connectivity index (χ3v) is 1.79. The van der Waals surface area contributed by atoms with Gasteiger partial charge in [-0.3, -0.25) is 0 Å². The number of carbonyl (C=O) groups is 1. The molecule has 0 atom stereocenters. The highest BCUT2D eigenvalue weighted by Crippen LogP contribution is 2.12. The van der Waals surface area contributed by atoms with Gasteiger partial charge in [0.25, 0.3) is 0 Å². The van der Waals surface area contributed by atoms with Gasteiger partial charge in [-0.2, -0.15) is 0 Å². The molecular formula is C8H11N3O4. The summed E-state index contributed by atoms with van der Waals surface area (Å²) in [5.41, 5.74) is 0.551. The van der Waals surface area contributed by atoms with Crippen molar-refractivity contribution in [3.05, 3.63) is 22.0 Å². The Morgan fingerprint density at radius 3 is 2.93 bits per heavy atom. The average molecular weight is 213 g/mol. The smallest absolute Gasteiger partial charge is 0.435 e. The van der Waals surface area contributed by atoms with E-state index in [9.17, 15) is 14.9 Å². The lowest BCUT2D eigenvalue weighted by atomic mass is 10.5. The topological polar surface area (TPSA) is 87.3 Å². The summed E-state index contributed by atoms with van der Waals surface area (Å²) in [4.78, 5) is 24.6. The summed E-state index contributed by atoms with van der Waals surface area (Å²) in [7, 11) is 0. The molecule has 0 fully saturated rings. The van der Waals surface area contributed by atoms with E-state index in [0.29, 0.717) is 5.69 Å². The van der Waals surface area contributed by atoms with Gasteiger partial charge in [0, 0.05) is 0 Å². The van der Waals surface area contributed by atoms with Crippen LogP contribution in [-0.2, 0) is 16.1 Å². The first-order valence-corrected chi connectivity index (χ1v) is 4.38. The lowest BCUT2D eigenvalue weighted by Crippen LogP contribution is -2.16. The third kappa shape index (κ3) is 2.52. The van der Waals surface area contributed by atoms with Crippen molar-refractivity contribution in [1.29, 1.82) is 0 Å². The van der Waals surface area contributed by atoms with E-state index in [1.54, 1.807) is 13.8 Å². The molecule has 0 aliphatic heterocycles. The zero-order chi connectivity index (χ0) is 11.4. The molecular weight excluding hydrogens is 202 g/mol. The second-order valence-electron chi connectivity index (χ2n) is 2.85. The zero-order valence-corrected chi connectivity index (χ0v) is 8.47. The summed E-state index contributed by atoms with van der Waals surface area (Å²) in [6.07, 6.45) is 1.34. The Labute approximate surface area is 85.8 Å². The lowest BCUT2D eigenvalue weighted by molar-refractivity contribution is -0.396. The van der Waals surface area contributed by atoms with E-state index in [1.165, 1.54) is 10.8 Å². The molecule has 0 saturated carbocycles. The number of hydrogen-bond donors (Lipinski definition) is 0. The Bertz CT molecular complexity index is 385. The van der Waals surface area contributed by atoms with Gasteiger partial charge < -0.3 is 14.9 Å². The number of rotatable bonds is 4. The summed E-state index contributed by atoms with van der Waals surface area (Å²) in [5.74, 6) is -0.859. The molecule has 0 bridgehead atoms. The van der Waals surface area contributed by atoms with Gasteiger partial charge in [0.15, 0.2) is 6.54 Å². The number of aromatic nitrogens is 2. The summed E-state index contributed by atoms with van der Waals surface area (Å²) >= 11 is 0. The van der Waals surface area contributed by atoms with Gasteiger partial charge in [-0.1, -0.05) is 4.98 Å². The fourth-order valence-corrected chi connectivity index (χ4v) is 1.13. The second-order valence-corrected chi connectivity index (χ2v) is 2.85. The van der Waals surface area contributed by atoms with Crippen molar-refractivity contribution < 1.29 is 14.5 Å². The molecule has 0 aromatic carbocycles. The first-order valence-electron chi connectivity index (χ1n) is 4.38. The van der Waals surface area contributed by atoms with Crippen LogP contribution in [0.5, 0.6) is 0 Å². The van der Waals surface area contributed by atoms with Crippen LogP contribution in [0.4, 0.5) is 5.95 Å². The lowest BCUT2D eigenvalue weighted by Gasteiger charge is -2.03. The van der Waals surface area contributed by atoms with Crippen LogP contribution in [0.15, 0.2) is 6.20 Å². The molecule has 0 radical (unpaired) electrons. The molecule has 0 unspecified atom stereocenters. The number of aryl methyl sites for hydroxylation is 1. The molecule has 1 heterocycles. The Kier molecular flexibility index (Phi) is 3.37. The van der Waals surface area contributed by atoms with Crippen LogP contribution in [0, 0.1) is 17.0 Å². The van der Waals surface area contributed by atoms with Crippen molar-refractivity contribution in [2.45, 2.75) is 20.4 Å². The van der Waals surface area contributed by atoms with Crippen molar-refractivity contribution in [2.24, 2.45) is 0 Å². The Morgan fingerprint density at radius 2 is 2.40 bits per heavy atom. The summed E-state index contributed by atoms with van der Waals surface area (Å²) in [6.45, 7) is 3.38. The van der Waals surface area contributed by atoms with Gasteiger partial charge in [0.2, 0.25) is 0 Å². The summed E-state index contributed by atoms with van der Waals surface area (Å²) < 4.78 is 5.90. The maximum atomic E-state index is 11.1. The fourth-order valence-electron chi connectivity index (χ4n) is 1.13. The molecule has 0 saturated heterocycles. The SMILES string of the molecule is CCOC(=O)Cn1c(C)cnc1[N+](=O)[O-]. The quantitative estimate of drug-likeness (QED) is 0.416. The van der Waals surface area contributed by atoms with Gasteiger partial charge in [0.05, 0.1) is 6.61 Å². The molecule has 82 valence electrons. The Hall–Kier alpha value is -1.92. The number of imidazole rings is 1. The molecule has 0 aliphatic rings. The van der Waals surface area contributed by atoms with Gasteiger partial charge in [-0.25, -0.2) is 9.36 Å². The molecule has 1 aromatic heterocycles. The first-order chi connectivity index (χ1) is 7.06. The van der Waals surface area contributed by atoms with Gasteiger partial charge in [0.1, 0.15) is 11.9 Å². The van der Waals surface area contributed by atoms with E-state index >= 15 is 0 Å². The minimum absolute atomic E-state index is 0.185. The van der Waals surface area contributed by atoms with Gasteiger partial charge in [-0.05, 0) is 18.8 Å². The highest BCUT2D eigenvalue weighted by molar-refractivity contribution is 5.69. The fraction of sp³-hybridized carbons (Fsp3) is 0.500. The molecule has 7 nitrogen and oxygen atoms in total. The third-order valence-electron chi connectivity index (χ3n) is 1.79. The standard InChI is InChI=1S/C8H11N3O4/c1-3-15-7(12)5-10-6(2)4-9-8(10)11(13)14/h4H,3,5H2,1-2H3. The molecule has 15 heavy (non-hydrogen) atoms. The van der Waals surface area contributed by atoms with E-state index in [0.717, 1.165) is 0 Å². The normalized spacial score (nSPS) is 10.0. The zero-order valence-electron chi connectivity index (χ0n) is 8.47. The van der Waals surface area contributed by atoms with E-state index in [4.69, 9.17) is 4.74 Å². The molecule has 0 amide bonds. The van der Waals surface area contributed by atoms with Crippen LogP contribution >= 0.6 is 0 Å². The van der Waals surface area contributed by atoms with Crippen molar-refractivity contribution >= 4 is 11.9 Å². The Balaban J connectivity index is 2.88. The average Bonchev–Trinajstić information content (AvgIpc) is 2.48. The molecule has 0 aliphatic carbocycles. The van der Waals surface area contributed by atoms with Crippen LogP contribution in [0.25, 0.3) is 0 Å². The highest BCUT2D eigenvalue weighted by atomic mass is 16.6. The number of ether oxygens (including phenoxy) is 1. The van der Waals surface area contributed by atoms with E-state index < -0.39 is 10.9 Å². The summed E-state index contributed by atoms with van der Waals surface area (Å²) in [6, 6.07) is 0. The minimum Gasteiger partial charge on any atom is -0.464 e. The number of carbonyl (C=O) groups excluding carboxylic acids is 1. The van der Waals surface area contributed by atoms with E-state index in [1.807, 2.05) is 0 Å². The van der Waals surface area contributed by atoms with Crippen molar-refractivity contribution in [3.8, 4) is 0 Å². The van der Waals surface area contributed by atoms with Crippen molar-refractivity contribution in [3.63, 3.8) is 0 Å². The second kappa shape index (κ2) is 4.54. The van der Waals surface area contributed by atoms with Gasteiger partial charge >= 0.3 is 11.9 Å². The number of nitro groups is 1. The van der Waals surface area contributed by atoms with Crippen LogP contribution in [0.3, 0.4) is 0 Å². The highest BCUT2D eigenvalue weighted by Gasteiger charge is 2.20. The van der Waals surface area contributed by atoms with Crippen LogP contribution in [-0.4, -0.2) is 27.1 Å². The van der Waals surface area contributed by atoms with Crippen molar-refractivity contribution in [2.75, 3.05) is 6.61 Å². The Morgan fingerprint density at radius 1 is 1.73 bits per heavy atom. The predicted molar refractivity (Wildman–Crippen MR) is 50.3 cm³/mol. The number of esters is 1. The molecule has 0 N–H and O–H groups in total.